The molecular weight excluding hydrogens is 272 g/mol. The molecule has 1 saturated heterocycles. The molecule has 0 atom stereocenters. The molecule has 1 aromatic carbocycles. The summed E-state index contributed by atoms with van der Waals surface area (Å²) in [5.41, 5.74) is 6.75. The van der Waals surface area contributed by atoms with Crippen molar-refractivity contribution in [3.63, 3.8) is 0 Å². The van der Waals surface area contributed by atoms with Crippen LogP contribution in [0.3, 0.4) is 0 Å². The van der Waals surface area contributed by atoms with E-state index in [-0.39, 0.29) is 5.56 Å². The van der Waals surface area contributed by atoms with Crippen LogP contribution in [0, 0.1) is 0 Å². The fourth-order valence-corrected chi connectivity index (χ4v) is 2.02. The highest BCUT2D eigenvalue weighted by Gasteiger charge is 2.09. The van der Waals surface area contributed by atoms with Gasteiger partial charge in [-0.05, 0) is 24.3 Å². The summed E-state index contributed by atoms with van der Waals surface area (Å²) in [5.74, 6) is -0.625. The second-order valence-electron chi connectivity index (χ2n) is 4.73. The zero-order valence-electron chi connectivity index (χ0n) is 11.8. The number of nitrogens with zero attached hydrogens (tertiary/aromatic N) is 2. The number of hydrogen-bond donors (Lipinski definition) is 3. The maximum atomic E-state index is 10.7. The number of anilines is 1. The number of guanidine groups is 1. The van der Waals surface area contributed by atoms with Gasteiger partial charge in [-0.2, -0.15) is 0 Å². The number of aromatic carboxylic acids is 1. The van der Waals surface area contributed by atoms with E-state index in [1.807, 2.05) is 0 Å². The third-order valence-electron chi connectivity index (χ3n) is 3.21. The summed E-state index contributed by atoms with van der Waals surface area (Å²) in [7, 11) is 0. The molecule has 0 aromatic heterocycles. The Bertz CT molecular complexity index is 495. The number of carboxylic acid groups (broad SMARTS) is 1. The molecule has 0 saturated carbocycles. The lowest BCUT2D eigenvalue weighted by molar-refractivity contribution is 0.0394. The summed E-state index contributed by atoms with van der Waals surface area (Å²) < 4.78 is 5.28. The Morgan fingerprint density at radius 3 is 2.62 bits per heavy atom. The second-order valence-corrected chi connectivity index (χ2v) is 4.73. The first-order valence-electron chi connectivity index (χ1n) is 6.85. The highest BCUT2D eigenvalue weighted by Crippen LogP contribution is 2.09. The van der Waals surface area contributed by atoms with Crippen molar-refractivity contribution in [2.75, 3.05) is 44.7 Å². The van der Waals surface area contributed by atoms with Crippen molar-refractivity contribution in [3.05, 3.63) is 29.8 Å². The third kappa shape index (κ3) is 5.05. The van der Waals surface area contributed by atoms with Gasteiger partial charge in [0.15, 0.2) is 5.96 Å². The van der Waals surface area contributed by atoms with Gasteiger partial charge in [-0.15, -0.1) is 0 Å². The van der Waals surface area contributed by atoms with E-state index in [0.29, 0.717) is 18.2 Å². The molecule has 0 unspecified atom stereocenters. The van der Waals surface area contributed by atoms with Crippen LogP contribution < -0.4 is 11.1 Å². The zero-order chi connectivity index (χ0) is 15.1. The summed E-state index contributed by atoms with van der Waals surface area (Å²) in [6, 6.07) is 6.36. The van der Waals surface area contributed by atoms with Crippen LogP contribution in [-0.2, 0) is 4.74 Å². The van der Waals surface area contributed by atoms with Gasteiger partial charge in [-0.25, -0.2) is 4.79 Å². The first kappa shape index (κ1) is 15.3. The topological polar surface area (TPSA) is 100 Å². The second kappa shape index (κ2) is 7.61. The highest BCUT2D eigenvalue weighted by molar-refractivity contribution is 5.93. The summed E-state index contributed by atoms with van der Waals surface area (Å²) >= 11 is 0. The summed E-state index contributed by atoms with van der Waals surface area (Å²) in [6.45, 7) is 4.87. The number of benzene rings is 1. The van der Waals surface area contributed by atoms with E-state index in [1.54, 1.807) is 12.1 Å². The predicted molar refractivity (Wildman–Crippen MR) is 80.8 cm³/mol. The highest BCUT2D eigenvalue weighted by atomic mass is 16.5. The predicted octanol–water partition coefficient (Wildman–Crippen LogP) is 0.444. The fourth-order valence-electron chi connectivity index (χ4n) is 2.02. The van der Waals surface area contributed by atoms with Gasteiger partial charge in [0.05, 0.1) is 25.3 Å². The lowest BCUT2D eigenvalue weighted by Crippen LogP contribution is -2.38. The van der Waals surface area contributed by atoms with Crippen LogP contribution in [0.5, 0.6) is 0 Å². The number of hydrogen-bond acceptors (Lipinski definition) is 4. The molecule has 0 amide bonds. The monoisotopic (exact) mass is 292 g/mol. The summed E-state index contributed by atoms with van der Waals surface area (Å²) in [5, 5.41) is 11.8. The van der Waals surface area contributed by atoms with Crippen molar-refractivity contribution in [3.8, 4) is 0 Å². The molecule has 0 aliphatic carbocycles. The van der Waals surface area contributed by atoms with Gasteiger partial charge in [-0.1, -0.05) is 0 Å². The fraction of sp³-hybridized carbons (Fsp3) is 0.429. The van der Waals surface area contributed by atoms with E-state index in [2.05, 4.69) is 15.2 Å². The molecule has 7 nitrogen and oxygen atoms in total. The molecule has 7 heteroatoms. The molecule has 4 N–H and O–H groups in total. The van der Waals surface area contributed by atoms with Crippen LogP contribution in [0.2, 0.25) is 0 Å². The number of ether oxygens (including phenoxy) is 1. The molecule has 0 radical (unpaired) electrons. The van der Waals surface area contributed by atoms with Crippen LogP contribution in [0.1, 0.15) is 10.4 Å². The van der Waals surface area contributed by atoms with Gasteiger partial charge in [-0.3, -0.25) is 9.89 Å². The van der Waals surface area contributed by atoms with E-state index in [9.17, 15) is 4.79 Å². The Labute approximate surface area is 123 Å². The minimum absolute atomic E-state index is 0.239. The molecule has 1 aliphatic rings. The molecule has 1 aliphatic heterocycles. The van der Waals surface area contributed by atoms with Gasteiger partial charge < -0.3 is 20.9 Å². The van der Waals surface area contributed by atoms with Gasteiger partial charge in [0, 0.05) is 25.3 Å². The quantitative estimate of drug-likeness (QED) is 0.538. The number of morpholine rings is 1. The lowest BCUT2D eigenvalue weighted by atomic mass is 10.2. The average Bonchev–Trinajstić information content (AvgIpc) is 2.49. The van der Waals surface area contributed by atoms with Crippen molar-refractivity contribution in [1.82, 2.24) is 4.90 Å². The summed E-state index contributed by atoms with van der Waals surface area (Å²) in [6.07, 6.45) is 0. The molecule has 21 heavy (non-hydrogen) atoms. The number of rotatable bonds is 5. The lowest BCUT2D eigenvalue weighted by Gasteiger charge is -2.25. The molecule has 0 bridgehead atoms. The Balaban J connectivity index is 1.78. The molecule has 2 rings (SSSR count). The first-order valence-corrected chi connectivity index (χ1v) is 6.85. The average molecular weight is 292 g/mol. The van der Waals surface area contributed by atoms with Crippen molar-refractivity contribution in [2.24, 2.45) is 10.7 Å². The van der Waals surface area contributed by atoms with Crippen molar-refractivity contribution in [1.29, 1.82) is 0 Å². The van der Waals surface area contributed by atoms with Crippen molar-refractivity contribution >= 4 is 17.6 Å². The van der Waals surface area contributed by atoms with Gasteiger partial charge >= 0.3 is 5.97 Å². The maximum absolute atomic E-state index is 10.7. The molecule has 114 valence electrons. The SMILES string of the molecule is NC(=NCCN1CCOCC1)Nc1ccc(C(=O)O)cc1. The number of carboxylic acids is 1. The van der Waals surface area contributed by atoms with Crippen LogP contribution in [0.15, 0.2) is 29.3 Å². The van der Waals surface area contributed by atoms with E-state index in [1.165, 1.54) is 12.1 Å². The Morgan fingerprint density at radius 2 is 2.00 bits per heavy atom. The molecule has 1 aromatic rings. The van der Waals surface area contributed by atoms with Crippen LogP contribution in [0.25, 0.3) is 0 Å². The van der Waals surface area contributed by atoms with Gasteiger partial charge in [0.25, 0.3) is 0 Å². The minimum Gasteiger partial charge on any atom is -0.478 e. The third-order valence-corrected chi connectivity index (χ3v) is 3.21. The van der Waals surface area contributed by atoms with E-state index < -0.39 is 5.97 Å². The standard InChI is InChI=1S/C14H20N4O3/c15-14(16-5-6-18-7-9-21-10-8-18)17-12-3-1-11(2-4-12)13(19)20/h1-4H,5-10H2,(H,19,20)(H3,15,16,17). The molecular formula is C14H20N4O3. The maximum Gasteiger partial charge on any atom is 0.335 e. The Kier molecular flexibility index (Phi) is 5.53. The van der Waals surface area contributed by atoms with Crippen molar-refractivity contribution in [2.45, 2.75) is 0 Å². The Morgan fingerprint density at radius 1 is 1.33 bits per heavy atom. The van der Waals surface area contributed by atoms with Crippen LogP contribution in [0.4, 0.5) is 5.69 Å². The summed E-state index contributed by atoms with van der Waals surface area (Å²) in [4.78, 5) is 17.3. The minimum atomic E-state index is -0.950. The number of nitrogens with one attached hydrogen (secondary N) is 1. The molecule has 1 fully saturated rings. The number of nitrogens with two attached hydrogens (primary N) is 1. The largest absolute Gasteiger partial charge is 0.478 e. The van der Waals surface area contributed by atoms with E-state index in [4.69, 9.17) is 15.6 Å². The van der Waals surface area contributed by atoms with Crippen molar-refractivity contribution < 1.29 is 14.6 Å². The first-order chi connectivity index (χ1) is 10.1. The van der Waals surface area contributed by atoms with Gasteiger partial charge in [0.1, 0.15) is 0 Å². The van der Waals surface area contributed by atoms with E-state index >= 15 is 0 Å². The normalized spacial score (nSPS) is 16.7. The molecule has 0 spiro atoms. The Hall–Kier alpha value is -2.12. The van der Waals surface area contributed by atoms with E-state index in [0.717, 1.165) is 32.8 Å². The van der Waals surface area contributed by atoms with Gasteiger partial charge in [0.2, 0.25) is 0 Å². The smallest absolute Gasteiger partial charge is 0.335 e. The molecule has 1 heterocycles. The number of aliphatic imine (C=N–C) groups is 1. The number of carbonyl (C=O) groups is 1. The zero-order valence-corrected chi connectivity index (χ0v) is 11.8. The van der Waals surface area contributed by atoms with Crippen LogP contribution >= 0.6 is 0 Å². The van der Waals surface area contributed by atoms with Crippen LogP contribution in [-0.4, -0.2) is 61.3 Å².